The third-order valence-electron chi connectivity index (χ3n) is 6.29. The lowest BCUT2D eigenvalue weighted by atomic mass is 9.90. The van der Waals surface area contributed by atoms with Crippen LogP contribution in [-0.4, -0.2) is 49.8 Å². The van der Waals surface area contributed by atoms with Gasteiger partial charge in [-0.2, -0.15) is 9.57 Å². The lowest BCUT2D eigenvalue weighted by molar-refractivity contribution is 0.181. The van der Waals surface area contributed by atoms with Crippen LogP contribution in [0, 0.1) is 24.1 Å². The highest BCUT2D eigenvalue weighted by atomic mass is 32.2. The summed E-state index contributed by atoms with van der Waals surface area (Å²) in [5, 5.41) is 11.6. The number of nitriles is 1. The van der Waals surface area contributed by atoms with E-state index in [1.807, 2.05) is 12.1 Å². The number of sulfonamides is 1. The molecule has 1 N–H and O–H groups in total. The van der Waals surface area contributed by atoms with Crippen molar-refractivity contribution in [3.63, 3.8) is 0 Å². The van der Waals surface area contributed by atoms with Crippen LogP contribution >= 0.6 is 0 Å². The van der Waals surface area contributed by atoms with Crippen molar-refractivity contribution in [1.82, 2.24) is 9.21 Å². The van der Waals surface area contributed by atoms with Crippen LogP contribution in [0.3, 0.4) is 0 Å². The average Bonchev–Trinajstić information content (AvgIpc) is 2.75. The lowest BCUT2D eigenvalue weighted by Gasteiger charge is -2.32. The van der Waals surface area contributed by atoms with Crippen molar-refractivity contribution in [2.45, 2.75) is 37.0 Å². The van der Waals surface area contributed by atoms with E-state index in [1.165, 1.54) is 4.31 Å². The van der Waals surface area contributed by atoms with Crippen LogP contribution in [0.2, 0.25) is 0 Å². The Morgan fingerprint density at radius 1 is 1.12 bits per heavy atom. The van der Waals surface area contributed by atoms with Crippen molar-refractivity contribution in [2.75, 3.05) is 31.5 Å². The Hall–Kier alpha value is -2.96. The van der Waals surface area contributed by atoms with Gasteiger partial charge in [0, 0.05) is 31.9 Å². The van der Waals surface area contributed by atoms with E-state index in [1.54, 1.807) is 24.0 Å². The van der Waals surface area contributed by atoms with Gasteiger partial charge >= 0.3 is 6.03 Å². The first kappa shape index (κ1) is 22.2. The molecule has 0 atom stereocenters. The van der Waals surface area contributed by atoms with Gasteiger partial charge in [0.2, 0.25) is 10.0 Å². The second kappa shape index (κ2) is 8.88. The Morgan fingerprint density at radius 3 is 2.34 bits per heavy atom. The van der Waals surface area contributed by atoms with Crippen molar-refractivity contribution in [3.8, 4) is 6.07 Å². The van der Waals surface area contributed by atoms with Gasteiger partial charge in [-0.05, 0) is 67.5 Å². The van der Waals surface area contributed by atoms with E-state index in [9.17, 15) is 17.6 Å². The molecule has 2 amide bonds. The van der Waals surface area contributed by atoms with Crippen molar-refractivity contribution >= 4 is 21.7 Å². The maximum atomic E-state index is 14.3. The molecule has 2 aromatic rings. The van der Waals surface area contributed by atoms with Gasteiger partial charge in [0.15, 0.2) is 0 Å². The van der Waals surface area contributed by atoms with Gasteiger partial charge in [0.1, 0.15) is 5.82 Å². The first-order valence-electron chi connectivity index (χ1n) is 10.7. The molecule has 4 rings (SSSR count). The Morgan fingerprint density at radius 2 is 1.78 bits per heavy atom. The second-order valence-corrected chi connectivity index (χ2v) is 10.2. The Labute approximate surface area is 187 Å². The van der Waals surface area contributed by atoms with Gasteiger partial charge in [0.05, 0.1) is 16.5 Å². The van der Waals surface area contributed by atoms with Gasteiger partial charge in [-0.3, -0.25) is 0 Å². The minimum atomic E-state index is -3.92. The van der Waals surface area contributed by atoms with Crippen LogP contribution < -0.4 is 5.32 Å². The van der Waals surface area contributed by atoms with E-state index in [4.69, 9.17) is 5.26 Å². The van der Waals surface area contributed by atoms with E-state index in [-0.39, 0.29) is 22.5 Å². The van der Waals surface area contributed by atoms with E-state index in [0.717, 1.165) is 24.1 Å². The molecule has 0 bridgehead atoms. The molecule has 0 aliphatic carbocycles. The zero-order valence-electron chi connectivity index (χ0n) is 17.8. The Balaban J connectivity index is 1.50. The summed E-state index contributed by atoms with van der Waals surface area (Å²) in [6.07, 6.45) is 2.20. The highest BCUT2D eigenvalue weighted by Crippen LogP contribution is 2.33. The number of carbonyl (C=O) groups excluding carboxylic acids is 1. The second-order valence-electron chi connectivity index (χ2n) is 8.26. The number of carbonyl (C=O) groups is 1. The standard InChI is InChI=1S/C23H25FN4O3S/c1-16-21(26-23(29)27-9-2-10-27)13-20(24)14-22(16)32(30,31)28-11-7-19(8-12-28)18-5-3-17(15-25)4-6-18/h3-6,13-14,19H,2,7-12H2,1H3,(H,26,29). The summed E-state index contributed by atoms with van der Waals surface area (Å²) < 4.78 is 42.4. The number of urea groups is 1. The van der Waals surface area contributed by atoms with E-state index in [0.29, 0.717) is 50.1 Å². The number of nitrogens with zero attached hydrogens (tertiary/aromatic N) is 3. The maximum absolute atomic E-state index is 14.3. The van der Waals surface area contributed by atoms with Gasteiger partial charge in [-0.15, -0.1) is 0 Å². The summed E-state index contributed by atoms with van der Waals surface area (Å²) in [6, 6.07) is 11.3. The molecular weight excluding hydrogens is 431 g/mol. The molecule has 9 heteroatoms. The fourth-order valence-corrected chi connectivity index (χ4v) is 5.89. The highest BCUT2D eigenvalue weighted by Gasteiger charge is 2.32. The summed E-state index contributed by atoms with van der Waals surface area (Å²) in [6.45, 7) is 3.50. The van der Waals surface area contributed by atoms with Crippen LogP contribution in [0.4, 0.5) is 14.9 Å². The molecule has 2 aromatic carbocycles. The van der Waals surface area contributed by atoms with E-state index in [2.05, 4.69) is 11.4 Å². The summed E-state index contributed by atoms with van der Waals surface area (Å²) in [4.78, 5) is 13.7. The predicted octanol–water partition coefficient (Wildman–Crippen LogP) is 3.81. The minimum absolute atomic E-state index is 0.117. The fourth-order valence-electron chi connectivity index (χ4n) is 4.16. The number of halogens is 1. The molecule has 0 aromatic heterocycles. The lowest BCUT2D eigenvalue weighted by Crippen LogP contribution is -2.44. The molecule has 2 aliphatic rings. The molecule has 168 valence electrons. The smallest absolute Gasteiger partial charge is 0.321 e. The molecule has 0 spiro atoms. The van der Waals surface area contributed by atoms with Crippen LogP contribution in [0.5, 0.6) is 0 Å². The Bertz CT molecular complexity index is 1160. The number of amides is 2. The highest BCUT2D eigenvalue weighted by molar-refractivity contribution is 7.89. The molecule has 2 heterocycles. The van der Waals surface area contributed by atoms with Crippen molar-refractivity contribution in [2.24, 2.45) is 0 Å². The molecule has 2 aliphatic heterocycles. The van der Waals surface area contributed by atoms with Crippen molar-refractivity contribution in [1.29, 1.82) is 5.26 Å². The number of rotatable bonds is 4. The molecule has 2 fully saturated rings. The third kappa shape index (κ3) is 4.33. The quantitative estimate of drug-likeness (QED) is 0.757. The summed E-state index contributed by atoms with van der Waals surface area (Å²) >= 11 is 0. The maximum Gasteiger partial charge on any atom is 0.321 e. The largest absolute Gasteiger partial charge is 0.324 e. The zero-order valence-corrected chi connectivity index (χ0v) is 18.7. The number of nitrogens with one attached hydrogen (secondary N) is 1. The summed E-state index contributed by atoms with van der Waals surface area (Å²) in [5.74, 6) is -0.505. The normalized spacial score (nSPS) is 17.5. The summed E-state index contributed by atoms with van der Waals surface area (Å²) in [5.41, 5.74) is 2.17. The molecule has 0 unspecified atom stereocenters. The van der Waals surface area contributed by atoms with E-state index < -0.39 is 15.8 Å². The van der Waals surface area contributed by atoms with Gasteiger partial charge in [-0.1, -0.05) is 12.1 Å². The van der Waals surface area contributed by atoms with Gasteiger partial charge in [-0.25, -0.2) is 17.6 Å². The Kier molecular flexibility index (Phi) is 6.17. The van der Waals surface area contributed by atoms with Crippen LogP contribution in [0.15, 0.2) is 41.3 Å². The van der Waals surface area contributed by atoms with Crippen molar-refractivity contribution < 1.29 is 17.6 Å². The molecule has 32 heavy (non-hydrogen) atoms. The van der Waals surface area contributed by atoms with E-state index >= 15 is 0 Å². The zero-order chi connectivity index (χ0) is 22.9. The van der Waals surface area contributed by atoms with Crippen LogP contribution in [0.1, 0.15) is 41.9 Å². The molecule has 0 radical (unpaired) electrons. The number of piperidine rings is 1. The SMILES string of the molecule is Cc1c(NC(=O)N2CCC2)cc(F)cc1S(=O)(=O)N1CCC(c2ccc(C#N)cc2)CC1. The fraction of sp³-hybridized carbons (Fsp3) is 0.391. The number of hydrogen-bond donors (Lipinski definition) is 1. The first-order chi connectivity index (χ1) is 15.3. The third-order valence-corrected chi connectivity index (χ3v) is 8.32. The van der Waals surface area contributed by atoms with Crippen LogP contribution in [-0.2, 0) is 10.0 Å². The number of hydrogen-bond acceptors (Lipinski definition) is 4. The molecule has 0 saturated carbocycles. The topological polar surface area (TPSA) is 93.5 Å². The number of benzene rings is 2. The first-order valence-corrected chi connectivity index (χ1v) is 12.1. The van der Waals surface area contributed by atoms with Crippen LogP contribution in [0.25, 0.3) is 0 Å². The number of anilines is 1. The molecule has 7 nitrogen and oxygen atoms in total. The van der Waals surface area contributed by atoms with Crippen molar-refractivity contribution in [3.05, 3.63) is 58.9 Å². The molecule has 2 saturated heterocycles. The average molecular weight is 457 g/mol. The summed E-state index contributed by atoms with van der Waals surface area (Å²) in [7, 11) is -3.92. The predicted molar refractivity (Wildman–Crippen MR) is 118 cm³/mol. The minimum Gasteiger partial charge on any atom is -0.324 e. The molecular formula is C23H25FN4O3S. The van der Waals surface area contributed by atoms with Gasteiger partial charge < -0.3 is 10.2 Å². The van der Waals surface area contributed by atoms with Gasteiger partial charge in [0.25, 0.3) is 0 Å². The number of likely N-dealkylation sites (tertiary alicyclic amines) is 1. The monoisotopic (exact) mass is 456 g/mol.